The molecule has 2 aliphatic rings. The van der Waals surface area contributed by atoms with Crippen molar-refractivity contribution < 1.29 is 9.59 Å². The van der Waals surface area contributed by atoms with E-state index in [4.69, 9.17) is 0 Å². The zero-order valence-corrected chi connectivity index (χ0v) is 14.8. The molecule has 2 aliphatic heterocycles. The molecule has 2 fully saturated rings. The summed E-state index contributed by atoms with van der Waals surface area (Å²) < 4.78 is 0. The molecule has 0 saturated carbocycles. The number of hydrogen-bond donors (Lipinski definition) is 2. The van der Waals surface area contributed by atoms with Crippen molar-refractivity contribution in [2.24, 2.45) is 0 Å². The van der Waals surface area contributed by atoms with Crippen LogP contribution in [0, 0.1) is 0 Å². The largest absolute Gasteiger partial charge is 0.355 e. The summed E-state index contributed by atoms with van der Waals surface area (Å²) in [6, 6.07) is 3.10. The third-order valence-electron chi connectivity index (χ3n) is 4.86. The van der Waals surface area contributed by atoms with E-state index < -0.39 is 0 Å². The highest BCUT2D eigenvalue weighted by Crippen LogP contribution is 2.26. The van der Waals surface area contributed by atoms with Crippen molar-refractivity contribution in [3.8, 4) is 0 Å². The quantitative estimate of drug-likeness (QED) is 0.858. The van der Waals surface area contributed by atoms with Crippen LogP contribution in [0.4, 0.5) is 16.3 Å². The van der Waals surface area contributed by atoms with Gasteiger partial charge in [-0.3, -0.25) is 4.79 Å². The van der Waals surface area contributed by atoms with Crippen LogP contribution in [-0.4, -0.2) is 54.0 Å². The Morgan fingerprint density at radius 2 is 2.16 bits per heavy atom. The number of urea groups is 1. The summed E-state index contributed by atoms with van der Waals surface area (Å²) >= 11 is 0. The Kier molecular flexibility index (Phi) is 5.73. The topological polar surface area (TPSA) is 77.6 Å². The summed E-state index contributed by atoms with van der Waals surface area (Å²) in [6.07, 6.45) is 6.67. The van der Waals surface area contributed by atoms with Gasteiger partial charge in [0, 0.05) is 32.4 Å². The predicted molar refractivity (Wildman–Crippen MR) is 97.7 cm³/mol. The summed E-state index contributed by atoms with van der Waals surface area (Å²) in [6.45, 7) is 5.05. The molecule has 2 saturated heterocycles. The summed E-state index contributed by atoms with van der Waals surface area (Å²) in [5.41, 5.74) is 0.717. The van der Waals surface area contributed by atoms with Crippen molar-refractivity contribution in [3.63, 3.8) is 0 Å². The third-order valence-corrected chi connectivity index (χ3v) is 4.86. The van der Waals surface area contributed by atoms with Gasteiger partial charge >= 0.3 is 6.03 Å². The Labute approximate surface area is 148 Å². The fourth-order valence-electron chi connectivity index (χ4n) is 3.50. The van der Waals surface area contributed by atoms with E-state index in [2.05, 4.69) is 27.4 Å². The van der Waals surface area contributed by atoms with E-state index in [0.717, 1.165) is 50.3 Å². The maximum Gasteiger partial charge on any atom is 0.322 e. The van der Waals surface area contributed by atoms with Crippen molar-refractivity contribution in [1.82, 2.24) is 15.2 Å². The van der Waals surface area contributed by atoms with E-state index in [1.165, 1.54) is 0 Å². The molecule has 3 amide bonds. The molecule has 1 aromatic rings. The maximum absolute atomic E-state index is 12.8. The zero-order valence-electron chi connectivity index (χ0n) is 14.8. The summed E-state index contributed by atoms with van der Waals surface area (Å²) in [5.74, 6) is 0.765. The standard InChI is InChI=1S/C18H27N5O2/c1-2-3-8-15-17(24)20-10-13-23(15)18(25)21-14-7-6-9-19-16(14)22-11-4-5-12-22/h6-7,9,15H,2-5,8,10-13H2,1H3,(H,20,24)(H,21,25). The second-order valence-electron chi connectivity index (χ2n) is 6.64. The minimum Gasteiger partial charge on any atom is -0.355 e. The van der Waals surface area contributed by atoms with Crippen molar-refractivity contribution in [3.05, 3.63) is 18.3 Å². The number of pyridine rings is 1. The van der Waals surface area contributed by atoms with Crippen LogP contribution >= 0.6 is 0 Å². The number of amides is 3. The zero-order chi connectivity index (χ0) is 17.6. The van der Waals surface area contributed by atoms with Gasteiger partial charge in [0.05, 0.1) is 5.69 Å². The van der Waals surface area contributed by atoms with E-state index in [-0.39, 0.29) is 18.0 Å². The molecule has 25 heavy (non-hydrogen) atoms. The average Bonchev–Trinajstić information content (AvgIpc) is 3.15. The Hall–Kier alpha value is -2.31. The summed E-state index contributed by atoms with van der Waals surface area (Å²) in [7, 11) is 0. The molecular formula is C18H27N5O2. The number of unbranched alkanes of at least 4 members (excludes halogenated alkanes) is 1. The monoisotopic (exact) mass is 345 g/mol. The molecule has 0 aliphatic carbocycles. The van der Waals surface area contributed by atoms with Gasteiger partial charge in [-0.25, -0.2) is 9.78 Å². The normalized spacial score (nSPS) is 20.5. The second kappa shape index (κ2) is 8.18. The summed E-state index contributed by atoms with van der Waals surface area (Å²) in [4.78, 5) is 33.4. The van der Waals surface area contributed by atoms with Gasteiger partial charge in [0.2, 0.25) is 5.91 Å². The highest BCUT2D eigenvalue weighted by Gasteiger charge is 2.33. The lowest BCUT2D eigenvalue weighted by Gasteiger charge is -2.35. The van der Waals surface area contributed by atoms with Crippen molar-refractivity contribution in [2.45, 2.75) is 45.1 Å². The molecule has 0 spiro atoms. The minimum absolute atomic E-state index is 0.0548. The smallest absolute Gasteiger partial charge is 0.322 e. The van der Waals surface area contributed by atoms with Gasteiger partial charge in [-0.05, 0) is 31.4 Å². The van der Waals surface area contributed by atoms with Gasteiger partial charge in [-0.15, -0.1) is 0 Å². The number of nitrogens with zero attached hydrogens (tertiary/aromatic N) is 3. The Morgan fingerprint density at radius 1 is 1.36 bits per heavy atom. The van der Waals surface area contributed by atoms with Crippen LogP contribution in [0.3, 0.4) is 0 Å². The minimum atomic E-state index is -0.388. The fourth-order valence-corrected chi connectivity index (χ4v) is 3.50. The number of carbonyl (C=O) groups excluding carboxylic acids is 2. The maximum atomic E-state index is 12.8. The highest BCUT2D eigenvalue weighted by molar-refractivity contribution is 5.96. The van der Waals surface area contributed by atoms with Crippen molar-refractivity contribution in [2.75, 3.05) is 36.4 Å². The number of piperazine rings is 1. The van der Waals surface area contributed by atoms with Gasteiger partial charge in [-0.1, -0.05) is 19.8 Å². The molecule has 3 heterocycles. The number of nitrogens with one attached hydrogen (secondary N) is 2. The molecule has 2 N–H and O–H groups in total. The molecule has 1 aromatic heterocycles. The van der Waals surface area contributed by atoms with Crippen molar-refractivity contribution in [1.29, 1.82) is 0 Å². The van der Waals surface area contributed by atoms with Crippen LogP contribution in [0.1, 0.15) is 39.0 Å². The number of hydrogen-bond acceptors (Lipinski definition) is 4. The van der Waals surface area contributed by atoms with E-state index in [1.807, 2.05) is 12.1 Å². The van der Waals surface area contributed by atoms with Crippen LogP contribution < -0.4 is 15.5 Å². The molecule has 1 atom stereocenters. The molecule has 136 valence electrons. The lowest BCUT2D eigenvalue weighted by molar-refractivity contribution is -0.127. The predicted octanol–water partition coefficient (Wildman–Crippen LogP) is 2.20. The molecule has 3 rings (SSSR count). The lowest BCUT2D eigenvalue weighted by Crippen LogP contribution is -2.58. The molecule has 7 heteroatoms. The van der Waals surface area contributed by atoms with E-state index >= 15 is 0 Å². The first-order valence-electron chi connectivity index (χ1n) is 9.26. The van der Waals surface area contributed by atoms with Gasteiger partial charge in [0.25, 0.3) is 0 Å². The van der Waals surface area contributed by atoms with Crippen molar-refractivity contribution >= 4 is 23.4 Å². The molecule has 7 nitrogen and oxygen atoms in total. The lowest BCUT2D eigenvalue weighted by atomic mass is 10.1. The van der Waals surface area contributed by atoms with Gasteiger partial charge in [0.15, 0.2) is 5.82 Å². The van der Waals surface area contributed by atoms with Crippen LogP contribution in [-0.2, 0) is 4.79 Å². The molecule has 0 aromatic carbocycles. The Morgan fingerprint density at radius 3 is 2.92 bits per heavy atom. The first-order valence-corrected chi connectivity index (χ1v) is 9.26. The van der Waals surface area contributed by atoms with E-state index in [1.54, 1.807) is 11.1 Å². The molecule has 0 radical (unpaired) electrons. The van der Waals surface area contributed by atoms with Crippen LogP contribution in [0.25, 0.3) is 0 Å². The molecular weight excluding hydrogens is 318 g/mol. The van der Waals surface area contributed by atoms with E-state index in [9.17, 15) is 9.59 Å². The number of anilines is 2. The first kappa shape index (κ1) is 17.5. The first-order chi connectivity index (χ1) is 12.2. The molecule has 1 unspecified atom stereocenters. The number of aromatic nitrogens is 1. The second-order valence-corrected chi connectivity index (χ2v) is 6.64. The Bertz CT molecular complexity index is 615. The van der Waals surface area contributed by atoms with Crippen LogP contribution in [0.5, 0.6) is 0 Å². The van der Waals surface area contributed by atoms with Gasteiger partial charge < -0.3 is 20.4 Å². The highest BCUT2D eigenvalue weighted by atomic mass is 16.2. The van der Waals surface area contributed by atoms with E-state index in [0.29, 0.717) is 19.5 Å². The average molecular weight is 345 g/mol. The third kappa shape index (κ3) is 4.03. The fraction of sp³-hybridized carbons (Fsp3) is 0.611. The van der Waals surface area contributed by atoms with Gasteiger partial charge in [-0.2, -0.15) is 0 Å². The number of rotatable bonds is 5. The number of carbonyl (C=O) groups is 2. The van der Waals surface area contributed by atoms with Crippen LogP contribution in [0.15, 0.2) is 18.3 Å². The summed E-state index contributed by atoms with van der Waals surface area (Å²) in [5, 5.41) is 5.85. The molecule has 0 bridgehead atoms. The SMILES string of the molecule is CCCCC1C(=O)NCCN1C(=O)Nc1cccnc1N1CCCC1. The Balaban J connectivity index is 1.73. The van der Waals surface area contributed by atoms with Crippen LogP contribution in [0.2, 0.25) is 0 Å². The van der Waals surface area contributed by atoms with Gasteiger partial charge in [0.1, 0.15) is 6.04 Å².